The number of rotatable bonds is 1. The molecule has 3 aromatic carbocycles. The van der Waals surface area contributed by atoms with Gasteiger partial charge in [-0.3, -0.25) is 4.40 Å². The Morgan fingerprint density at radius 3 is 2.52 bits per heavy atom. The second kappa shape index (κ2) is 5.31. The molecule has 0 aliphatic heterocycles. The summed E-state index contributed by atoms with van der Waals surface area (Å²) in [6, 6.07) is 20.6. The Morgan fingerprint density at radius 2 is 1.59 bits per heavy atom. The Labute approximate surface area is 156 Å². The van der Waals surface area contributed by atoms with E-state index in [0.717, 1.165) is 48.6 Å². The van der Waals surface area contributed by atoms with Crippen LogP contribution in [0.3, 0.4) is 0 Å². The fraction of sp³-hybridized carbons (Fsp3) is 0. The number of fused-ring (bicyclic) bond motifs is 6. The molecule has 0 unspecified atom stereocenters. The zero-order chi connectivity index (χ0) is 18.0. The number of hydrogen-bond donors (Lipinski definition) is 0. The molecule has 0 N–H and O–H groups in total. The zero-order valence-corrected chi connectivity index (χ0v) is 14.7. The molecule has 0 aliphatic rings. The molecular formula is C21H11FN4S. The minimum Gasteiger partial charge on any atom is -0.274 e. The van der Waals surface area contributed by atoms with Gasteiger partial charge in [0.1, 0.15) is 11.5 Å². The van der Waals surface area contributed by atoms with Crippen LogP contribution < -0.4 is 0 Å². The third kappa shape index (κ3) is 2.10. The van der Waals surface area contributed by atoms with Crippen LogP contribution in [0.1, 0.15) is 0 Å². The molecule has 0 bridgehead atoms. The molecule has 0 aliphatic carbocycles. The maximum absolute atomic E-state index is 13.6. The smallest absolute Gasteiger partial charge is 0.176 e. The maximum Gasteiger partial charge on any atom is 0.176 e. The van der Waals surface area contributed by atoms with Crippen molar-refractivity contribution in [1.29, 1.82) is 0 Å². The molecule has 3 aromatic heterocycles. The van der Waals surface area contributed by atoms with Gasteiger partial charge < -0.3 is 0 Å². The molecule has 6 aromatic rings. The van der Waals surface area contributed by atoms with Crippen molar-refractivity contribution >= 4 is 49.1 Å². The third-order valence-corrected chi connectivity index (χ3v) is 5.70. The van der Waals surface area contributed by atoms with Crippen LogP contribution in [0.2, 0.25) is 0 Å². The van der Waals surface area contributed by atoms with Crippen molar-refractivity contribution < 1.29 is 4.39 Å². The van der Waals surface area contributed by atoms with Crippen LogP contribution in [0.4, 0.5) is 4.39 Å². The van der Waals surface area contributed by atoms with Crippen molar-refractivity contribution in [2.45, 2.75) is 0 Å². The average molecular weight is 370 g/mol. The fourth-order valence-corrected chi connectivity index (χ4v) is 4.45. The van der Waals surface area contributed by atoms with E-state index in [1.807, 2.05) is 52.9 Å². The summed E-state index contributed by atoms with van der Waals surface area (Å²) in [5.74, 6) is 0.460. The molecule has 0 atom stereocenters. The van der Waals surface area contributed by atoms with Crippen molar-refractivity contribution in [3.05, 3.63) is 72.5 Å². The van der Waals surface area contributed by atoms with E-state index in [-0.39, 0.29) is 5.82 Å². The van der Waals surface area contributed by atoms with Gasteiger partial charge in [0.2, 0.25) is 0 Å². The van der Waals surface area contributed by atoms with Gasteiger partial charge in [-0.15, -0.1) is 11.3 Å². The highest BCUT2D eigenvalue weighted by Crippen LogP contribution is 2.33. The minimum absolute atomic E-state index is 0.262. The van der Waals surface area contributed by atoms with Crippen molar-refractivity contribution in [3.63, 3.8) is 0 Å². The van der Waals surface area contributed by atoms with Gasteiger partial charge in [-0.2, -0.15) is 0 Å². The summed E-state index contributed by atoms with van der Waals surface area (Å²) in [4.78, 5) is 14.4. The number of imidazole rings is 1. The zero-order valence-electron chi connectivity index (χ0n) is 13.9. The Balaban J connectivity index is 1.80. The Kier molecular flexibility index (Phi) is 2.90. The quantitative estimate of drug-likeness (QED) is 0.386. The van der Waals surface area contributed by atoms with E-state index >= 15 is 0 Å². The topological polar surface area (TPSA) is 43.1 Å². The molecule has 0 spiro atoms. The second-order valence-electron chi connectivity index (χ2n) is 6.34. The van der Waals surface area contributed by atoms with Crippen LogP contribution in [0.25, 0.3) is 48.6 Å². The Morgan fingerprint density at radius 1 is 0.778 bits per heavy atom. The van der Waals surface area contributed by atoms with E-state index in [4.69, 9.17) is 15.0 Å². The lowest BCUT2D eigenvalue weighted by molar-refractivity contribution is 0.630. The summed E-state index contributed by atoms with van der Waals surface area (Å²) >= 11 is 1.44. The Bertz CT molecular complexity index is 1500. The summed E-state index contributed by atoms with van der Waals surface area (Å²) < 4.78 is 16.5. The molecule has 0 saturated heterocycles. The van der Waals surface area contributed by atoms with E-state index in [1.165, 1.54) is 23.5 Å². The predicted molar refractivity (Wildman–Crippen MR) is 107 cm³/mol. The predicted octanol–water partition coefficient (Wildman–Crippen LogP) is 5.45. The monoisotopic (exact) mass is 370 g/mol. The molecule has 0 radical (unpaired) electrons. The third-order valence-electron chi connectivity index (χ3n) is 4.69. The molecule has 6 rings (SSSR count). The fourth-order valence-electron chi connectivity index (χ4n) is 3.48. The second-order valence-corrected chi connectivity index (χ2v) is 7.37. The van der Waals surface area contributed by atoms with E-state index in [2.05, 4.69) is 0 Å². The lowest BCUT2D eigenvalue weighted by Gasteiger charge is -2.06. The van der Waals surface area contributed by atoms with Gasteiger partial charge in [0.25, 0.3) is 0 Å². The number of nitrogens with zero attached hydrogens (tertiary/aromatic N) is 4. The van der Waals surface area contributed by atoms with Crippen molar-refractivity contribution in [2.75, 3.05) is 0 Å². The van der Waals surface area contributed by atoms with Crippen LogP contribution in [-0.2, 0) is 0 Å². The average Bonchev–Trinajstić information content (AvgIpc) is 3.28. The molecule has 0 saturated carbocycles. The molecule has 128 valence electrons. The number of para-hydroxylation sites is 3. The summed E-state index contributed by atoms with van der Waals surface area (Å²) in [5, 5.41) is 1.74. The van der Waals surface area contributed by atoms with E-state index in [9.17, 15) is 4.39 Å². The first-order valence-electron chi connectivity index (χ1n) is 8.50. The molecular weight excluding hydrogens is 359 g/mol. The van der Waals surface area contributed by atoms with Gasteiger partial charge in [0.05, 0.1) is 26.8 Å². The standard InChI is InChI=1S/C21H11FN4S/c22-12-9-10-16-18(11-12)27-21(25-16)20-23-14-6-2-1-5-13(14)19-24-15-7-3-4-8-17(15)26(19)20/h1-11H. The normalized spacial score (nSPS) is 11.9. The number of halogens is 1. The van der Waals surface area contributed by atoms with Crippen molar-refractivity contribution in [2.24, 2.45) is 0 Å². The highest BCUT2D eigenvalue weighted by atomic mass is 32.1. The molecule has 0 amide bonds. The van der Waals surface area contributed by atoms with Gasteiger partial charge in [0.15, 0.2) is 10.8 Å². The summed E-state index contributed by atoms with van der Waals surface area (Å²) in [6.07, 6.45) is 0. The lowest BCUT2D eigenvalue weighted by atomic mass is 10.2. The molecule has 3 heterocycles. The largest absolute Gasteiger partial charge is 0.274 e. The van der Waals surface area contributed by atoms with Gasteiger partial charge in [-0.05, 0) is 42.5 Å². The van der Waals surface area contributed by atoms with Crippen LogP contribution >= 0.6 is 11.3 Å². The first kappa shape index (κ1) is 14.8. The minimum atomic E-state index is -0.262. The summed E-state index contributed by atoms with van der Waals surface area (Å²) in [6.45, 7) is 0. The molecule has 4 nitrogen and oxygen atoms in total. The first-order chi connectivity index (χ1) is 13.3. The van der Waals surface area contributed by atoms with Gasteiger partial charge in [-0.1, -0.05) is 24.3 Å². The van der Waals surface area contributed by atoms with Gasteiger partial charge in [0, 0.05) is 5.39 Å². The number of benzene rings is 3. The van der Waals surface area contributed by atoms with Crippen LogP contribution in [-0.4, -0.2) is 19.4 Å². The van der Waals surface area contributed by atoms with E-state index < -0.39 is 0 Å². The van der Waals surface area contributed by atoms with Crippen LogP contribution in [0.15, 0.2) is 66.7 Å². The van der Waals surface area contributed by atoms with Crippen molar-refractivity contribution in [3.8, 4) is 10.8 Å². The molecule has 27 heavy (non-hydrogen) atoms. The SMILES string of the molecule is Fc1ccc2nc(-c3nc4ccccc4c4nc5ccccc5n34)sc2c1. The van der Waals surface area contributed by atoms with Crippen molar-refractivity contribution in [1.82, 2.24) is 19.4 Å². The lowest BCUT2D eigenvalue weighted by Crippen LogP contribution is -1.97. The highest BCUT2D eigenvalue weighted by molar-refractivity contribution is 7.21. The summed E-state index contributed by atoms with van der Waals surface area (Å²) in [5.41, 5.74) is 4.36. The molecule has 0 fully saturated rings. The number of hydrogen-bond acceptors (Lipinski definition) is 4. The highest BCUT2D eigenvalue weighted by Gasteiger charge is 2.17. The van der Waals surface area contributed by atoms with E-state index in [1.54, 1.807) is 6.07 Å². The van der Waals surface area contributed by atoms with Gasteiger partial charge in [-0.25, -0.2) is 19.3 Å². The first-order valence-corrected chi connectivity index (χ1v) is 9.32. The van der Waals surface area contributed by atoms with Gasteiger partial charge >= 0.3 is 0 Å². The van der Waals surface area contributed by atoms with E-state index in [0.29, 0.717) is 0 Å². The Hall–Kier alpha value is -3.38. The maximum atomic E-state index is 13.6. The van der Waals surface area contributed by atoms with Crippen LogP contribution in [0, 0.1) is 5.82 Å². The summed E-state index contributed by atoms with van der Waals surface area (Å²) in [7, 11) is 0. The molecule has 6 heteroatoms. The number of aromatic nitrogens is 4. The van der Waals surface area contributed by atoms with Crippen LogP contribution in [0.5, 0.6) is 0 Å². The number of thiazole rings is 1.